The van der Waals surface area contributed by atoms with Crippen LogP contribution in [0.1, 0.15) is 37.3 Å². The number of anilines is 1. The third-order valence-electron chi connectivity index (χ3n) is 3.83. The normalized spacial score (nSPS) is 12.2. The van der Waals surface area contributed by atoms with Crippen LogP contribution in [0.25, 0.3) is 0 Å². The highest BCUT2D eigenvalue weighted by molar-refractivity contribution is 7.92. The summed E-state index contributed by atoms with van der Waals surface area (Å²) in [6.07, 6.45) is -0.932. The van der Waals surface area contributed by atoms with E-state index >= 15 is 0 Å². The van der Waals surface area contributed by atoms with E-state index in [1.165, 1.54) is 12.1 Å². The molecule has 0 atom stereocenters. The quantitative estimate of drug-likeness (QED) is 0.511. The van der Waals surface area contributed by atoms with Crippen molar-refractivity contribution < 1.29 is 26.0 Å². The first-order chi connectivity index (χ1) is 12.1. The van der Waals surface area contributed by atoms with Crippen molar-refractivity contribution in [3.8, 4) is 0 Å². The molecule has 2 aromatic rings. The first kappa shape index (κ1) is 20.2. The molecule has 8 heteroatoms. The molecule has 0 aliphatic heterocycles. The lowest BCUT2D eigenvalue weighted by Gasteiger charge is -2.12. The first-order valence-corrected chi connectivity index (χ1v) is 9.60. The molecule has 0 radical (unpaired) electrons. The maximum absolute atomic E-state index is 13.3. The molecule has 26 heavy (non-hydrogen) atoms. The number of nitrogens with one attached hydrogen (secondary N) is 1. The van der Waals surface area contributed by atoms with E-state index in [1.807, 2.05) is 0 Å². The lowest BCUT2D eigenvalue weighted by Crippen LogP contribution is -2.15. The average Bonchev–Trinajstić information content (AvgIpc) is 2.56. The molecule has 0 unspecified atom stereocenters. The Morgan fingerprint density at radius 3 is 2.23 bits per heavy atom. The number of hydrogen-bond donors (Lipinski definition) is 1. The summed E-state index contributed by atoms with van der Waals surface area (Å²) in [5, 5.41) is 0. The van der Waals surface area contributed by atoms with Crippen molar-refractivity contribution in [2.24, 2.45) is 0 Å². The van der Waals surface area contributed by atoms with Gasteiger partial charge in [-0.25, -0.2) is 12.8 Å². The summed E-state index contributed by atoms with van der Waals surface area (Å²) in [6, 6.07) is 8.12. The Bertz CT molecular complexity index is 846. The summed E-state index contributed by atoms with van der Waals surface area (Å²) in [5.41, 5.74) is -0.895. The summed E-state index contributed by atoms with van der Waals surface area (Å²) in [6.45, 7) is 2.08. The average molecular weight is 389 g/mol. The highest BCUT2D eigenvalue weighted by atomic mass is 32.2. The Labute approximate surface area is 150 Å². The fourth-order valence-corrected chi connectivity index (χ4v) is 3.48. The largest absolute Gasteiger partial charge is 0.419 e. The molecule has 0 spiro atoms. The van der Waals surface area contributed by atoms with E-state index in [4.69, 9.17) is 0 Å². The van der Waals surface area contributed by atoms with Crippen molar-refractivity contribution >= 4 is 15.7 Å². The molecule has 0 fully saturated rings. The summed E-state index contributed by atoms with van der Waals surface area (Å²) in [5.74, 6) is -1.46. The fraction of sp³-hybridized carbons (Fsp3) is 0.333. The molecule has 1 N–H and O–H groups in total. The Morgan fingerprint density at radius 2 is 1.65 bits per heavy atom. The predicted molar refractivity (Wildman–Crippen MR) is 91.9 cm³/mol. The Hall–Kier alpha value is -2.09. The SMILES string of the molecule is CCCCCc1ccc(S(=O)(=O)Nc2ccc(F)c(C(F)(F)F)c2)cc1. The van der Waals surface area contributed by atoms with Gasteiger partial charge in [0.2, 0.25) is 0 Å². The van der Waals surface area contributed by atoms with Crippen molar-refractivity contribution in [1.29, 1.82) is 0 Å². The third kappa shape index (κ3) is 5.20. The van der Waals surface area contributed by atoms with Crippen LogP contribution in [-0.2, 0) is 22.6 Å². The predicted octanol–water partition coefficient (Wildman–Crippen LogP) is 5.38. The van der Waals surface area contributed by atoms with Crippen LogP contribution in [0.3, 0.4) is 0 Å². The van der Waals surface area contributed by atoms with Gasteiger partial charge in [0.15, 0.2) is 0 Å². The lowest BCUT2D eigenvalue weighted by atomic mass is 10.1. The Balaban J connectivity index is 2.18. The zero-order chi connectivity index (χ0) is 19.4. The number of unbranched alkanes of at least 4 members (excludes halogenated alkanes) is 2. The van der Waals surface area contributed by atoms with E-state index in [0.29, 0.717) is 12.1 Å². The zero-order valence-electron chi connectivity index (χ0n) is 14.1. The second kappa shape index (κ2) is 8.07. The van der Waals surface area contributed by atoms with E-state index in [9.17, 15) is 26.0 Å². The van der Waals surface area contributed by atoms with E-state index in [0.717, 1.165) is 37.3 Å². The molecule has 0 aliphatic rings. The molecule has 0 amide bonds. The molecule has 0 aliphatic carbocycles. The van der Waals surface area contributed by atoms with Crippen molar-refractivity contribution in [3.05, 3.63) is 59.4 Å². The second-order valence-electron chi connectivity index (χ2n) is 5.90. The number of sulfonamides is 1. The van der Waals surface area contributed by atoms with Crippen molar-refractivity contribution in [2.75, 3.05) is 4.72 Å². The molecule has 142 valence electrons. The summed E-state index contributed by atoms with van der Waals surface area (Å²) < 4.78 is 78.2. The molecule has 3 nitrogen and oxygen atoms in total. The third-order valence-corrected chi connectivity index (χ3v) is 5.22. The van der Waals surface area contributed by atoms with Crippen LogP contribution in [0.4, 0.5) is 23.2 Å². The van der Waals surface area contributed by atoms with Crippen LogP contribution in [0.2, 0.25) is 0 Å². The standard InChI is InChI=1S/C18H19F4NO2S/c1-2-3-4-5-13-6-9-15(10-7-13)26(24,25)23-14-8-11-17(19)16(12-14)18(20,21)22/h6-12,23H,2-5H2,1H3. The second-order valence-corrected chi connectivity index (χ2v) is 7.58. The molecule has 2 rings (SSSR count). The van der Waals surface area contributed by atoms with Crippen molar-refractivity contribution in [1.82, 2.24) is 0 Å². The monoisotopic (exact) mass is 389 g/mol. The van der Waals surface area contributed by atoms with Crippen LogP contribution in [0.5, 0.6) is 0 Å². The molecular weight excluding hydrogens is 370 g/mol. The van der Waals surface area contributed by atoms with Gasteiger partial charge in [-0.1, -0.05) is 31.9 Å². The van der Waals surface area contributed by atoms with Crippen molar-refractivity contribution in [3.63, 3.8) is 0 Å². The Morgan fingerprint density at radius 1 is 1.00 bits per heavy atom. The summed E-state index contributed by atoms with van der Waals surface area (Å²) in [7, 11) is -4.07. The molecule has 2 aromatic carbocycles. The van der Waals surface area contributed by atoms with E-state index in [1.54, 1.807) is 12.1 Å². The molecule has 0 aromatic heterocycles. The number of benzene rings is 2. The lowest BCUT2D eigenvalue weighted by molar-refractivity contribution is -0.139. The minimum absolute atomic E-state index is 0.0744. The number of aryl methyl sites for hydroxylation is 1. The van der Waals surface area contributed by atoms with Crippen LogP contribution in [0.15, 0.2) is 47.4 Å². The first-order valence-electron chi connectivity index (χ1n) is 8.12. The van der Waals surface area contributed by atoms with E-state index < -0.39 is 27.6 Å². The number of halogens is 4. The zero-order valence-corrected chi connectivity index (χ0v) is 14.9. The van der Waals surface area contributed by atoms with Gasteiger partial charge >= 0.3 is 6.18 Å². The van der Waals surface area contributed by atoms with Crippen LogP contribution in [-0.4, -0.2) is 8.42 Å². The highest BCUT2D eigenvalue weighted by Crippen LogP contribution is 2.33. The van der Waals surface area contributed by atoms with Gasteiger partial charge in [0, 0.05) is 5.69 Å². The molecular formula is C18H19F4NO2S. The number of rotatable bonds is 7. The highest BCUT2D eigenvalue weighted by Gasteiger charge is 2.34. The van der Waals surface area contributed by atoms with Crippen LogP contribution in [0, 0.1) is 5.82 Å². The summed E-state index contributed by atoms with van der Waals surface area (Å²) in [4.78, 5) is -0.0744. The maximum Gasteiger partial charge on any atom is 0.419 e. The van der Waals surface area contributed by atoms with E-state index in [-0.39, 0.29) is 10.6 Å². The fourth-order valence-electron chi connectivity index (χ4n) is 2.43. The Kier molecular flexibility index (Phi) is 6.28. The number of alkyl halides is 3. The van der Waals surface area contributed by atoms with Gasteiger partial charge in [-0.2, -0.15) is 13.2 Å². The van der Waals surface area contributed by atoms with Gasteiger partial charge in [0.1, 0.15) is 5.82 Å². The van der Waals surface area contributed by atoms with Gasteiger partial charge in [0.25, 0.3) is 10.0 Å². The minimum Gasteiger partial charge on any atom is -0.280 e. The van der Waals surface area contributed by atoms with Gasteiger partial charge in [0.05, 0.1) is 10.5 Å². The van der Waals surface area contributed by atoms with Crippen LogP contribution < -0.4 is 4.72 Å². The van der Waals surface area contributed by atoms with Crippen molar-refractivity contribution in [2.45, 2.75) is 43.7 Å². The van der Waals surface area contributed by atoms with Gasteiger partial charge < -0.3 is 0 Å². The van der Waals surface area contributed by atoms with Gasteiger partial charge in [-0.15, -0.1) is 0 Å². The molecule has 0 bridgehead atoms. The summed E-state index contributed by atoms with van der Waals surface area (Å²) >= 11 is 0. The maximum atomic E-state index is 13.3. The molecule has 0 saturated carbocycles. The number of hydrogen-bond acceptors (Lipinski definition) is 2. The smallest absolute Gasteiger partial charge is 0.280 e. The molecule has 0 saturated heterocycles. The minimum atomic E-state index is -4.91. The molecule has 0 heterocycles. The van der Waals surface area contributed by atoms with Crippen LogP contribution >= 0.6 is 0 Å². The van der Waals surface area contributed by atoms with Gasteiger partial charge in [-0.05, 0) is 48.7 Å². The van der Waals surface area contributed by atoms with Gasteiger partial charge in [-0.3, -0.25) is 4.72 Å². The van der Waals surface area contributed by atoms with E-state index in [2.05, 4.69) is 11.6 Å². The topological polar surface area (TPSA) is 46.2 Å².